The lowest BCUT2D eigenvalue weighted by Crippen LogP contribution is -2.53. The summed E-state index contributed by atoms with van der Waals surface area (Å²) in [6, 6.07) is 7.72. The zero-order valence-corrected chi connectivity index (χ0v) is 16.0. The number of ether oxygens (including phenoxy) is 1. The number of nitrogens with two attached hydrogens (primary N) is 1. The Hall–Kier alpha value is -2.22. The summed E-state index contributed by atoms with van der Waals surface area (Å²) in [7, 11) is 0. The number of carbonyl (C=O) groups is 3. The van der Waals surface area contributed by atoms with Gasteiger partial charge in [0.15, 0.2) is 0 Å². The maximum absolute atomic E-state index is 12.4. The maximum atomic E-state index is 12.4. The topological polar surface area (TPSA) is 111 Å². The van der Waals surface area contributed by atoms with Gasteiger partial charge in [-0.15, -0.1) is 0 Å². The third kappa shape index (κ3) is 8.24. The molecule has 0 bridgehead atoms. The fourth-order valence-electron chi connectivity index (χ4n) is 2.26. The molecule has 0 saturated heterocycles. The van der Waals surface area contributed by atoms with Gasteiger partial charge in [0, 0.05) is 0 Å². The van der Waals surface area contributed by atoms with Crippen LogP contribution in [0.5, 0.6) is 0 Å². The molecule has 0 radical (unpaired) electrons. The van der Waals surface area contributed by atoms with Crippen molar-refractivity contribution in [3.05, 3.63) is 35.9 Å². The molecule has 0 saturated carbocycles. The van der Waals surface area contributed by atoms with Crippen LogP contribution in [0.3, 0.4) is 0 Å². The van der Waals surface area contributed by atoms with Crippen molar-refractivity contribution in [1.29, 1.82) is 0 Å². The van der Waals surface area contributed by atoms with E-state index in [4.69, 9.17) is 10.5 Å². The summed E-state index contributed by atoms with van der Waals surface area (Å²) in [5.41, 5.74) is 6.19. The molecule has 144 valence electrons. The summed E-state index contributed by atoms with van der Waals surface area (Å²) in [4.78, 5) is 35.9. The molecule has 0 aliphatic carbocycles. The van der Waals surface area contributed by atoms with E-state index in [9.17, 15) is 14.4 Å². The Balaban J connectivity index is 2.57. The smallest absolute Gasteiger partial charge is 0.408 e. The van der Waals surface area contributed by atoms with Gasteiger partial charge in [-0.05, 0) is 30.4 Å². The van der Waals surface area contributed by atoms with Gasteiger partial charge >= 0.3 is 6.09 Å². The van der Waals surface area contributed by atoms with Gasteiger partial charge in [0.1, 0.15) is 18.7 Å². The van der Waals surface area contributed by atoms with Gasteiger partial charge in [-0.25, -0.2) is 4.79 Å². The minimum Gasteiger partial charge on any atom is -0.445 e. The van der Waals surface area contributed by atoms with Crippen molar-refractivity contribution in [2.75, 3.05) is 12.0 Å². The molecule has 0 fully saturated rings. The molecule has 1 aromatic rings. The van der Waals surface area contributed by atoms with E-state index >= 15 is 0 Å². The van der Waals surface area contributed by atoms with Gasteiger partial charge in [0.2, 0.25) is 11.8 Å². The first kappa shape index (κ1) is 21.8. The van der Waals surface area contributed by atoms with Crippen LogP contribution in [-0.2, 0) is 20.9 Å². The van der Waals surface area contributed by atoms with Gasteiger partial charge in [0.05, 0.1) is 0 Å². The van der Waals surface area contributed by atoms with E-state index in [1.165, 1.54) is 0 Å². The van der Waals surface area contributed by atoms with E-state index < -0.39 is 30.0 Å². The molecule has 0 aliphatic rings. The van der Waals surface area contributed by atoms with Crippen LogP contribution >= 0.6 is 11.8 Å². The number of amides is 3. The van der Waals surface area contributed by atoms with Crippen LogP contribution in [0.15, 0.2) is 30.3 Å². The van der Waals surface area contributed by atoms with E-state index in [0.29, 0.717) is 25.0 Å². The summed E-state index contributed by atoms with van der Waals surface area (Å²) in [6.45, 7) is 2.02. The van der Waals surface area contributed by atoms with Crippen molar-refractivity contribution >= 4 is 29.7 Å². The number of thioether (sulfide) groups is 1. The highest BCUT2D eigenvalue weighted by Crippen LogP contribution is 2.05. The second-order valence-corrected chi connectivity index (χ2v) is 6.78. The Labute approximate surface area is 158 Å². The summed E-state index contributed by atoms with van der Waals surface area (Å²) in [6.07, 6.45) is 2.79. The van der Waals surface area contributed by atoms with Crippen LogP contribution in [0.2, 0.25) is 0 Å². The highest BCUT2D eigenvalue weighted by atomic mass is 32.2. The molecule has 2 atom stereocenters. The average Bonchev–Trinajstić information content (AvgIpc) is 2.63. The number of carbonyl (C=O) groups excluding carboxylic acids is 3. The second kappa shape index (κ2) is 12.2. The van der Waals surface area contributed by atoms with Crippen LogP contribution in [0.1, 0.15) is 31.7 Å². The normalized spacial score (nSPS) is 12.7. The van der Waals surface area contributed by atoms with Crippen molar-refractivity contribution in [3.8, 4) is 0 Å². The van der Waals surface area contributed by atoms with E-state index in [-0.39, 0.29) is 6.61 Å². The van der Waals surface area contributed by atoms with Crippen LogP contribution < -0.4 is 16.4 Å². The first-order chi connectivity index (χ1) is 12.5. The SMILES string of the molecule is CCC[C@H](NC(=O)OCc1ccccc1)C(=O)N[C@H](CCSC)C(N)=O. The van der Waals surface area contributed by atoms with Crippen molar-refractivity contribution < 1.29 is 19.1 Å². The predicted octanol–water partition coefficient (Wildman–Crippen LogP) is 1.80. The van der Waals surface area contributed by atoms with E-state index in [1.54, 1.807) is 11.8 Å². The summed E-state index contributed by atoms with van der Waals surface area (Å²) in [5, 5.41) is 5.18. The van der Waals surface area contributed by atoms with E-state index in [0.717, 1.165) is 5.56 Å². The fourth-order valence-corrected chi connectivity index (χ4v) is 2.73. The van der Waals surface area contributed by atoms with Crippen LogP contribution in [-0.4, -0.2) is 42.0 Å². The van der Waals surface area contributed by atoms with Crippen molar-refractivity contribution in [1.82, 2.24) is 10.6 Å². The number of hydrogen-bond acceptors (Lipinski definition) is 5. The van der Waals surface area contributed by atoms with Gasteiger partial charge in [0.25, 0.3) is 0 Å². The highest BCUT2D eigenvalue weighted by Gasteiger charge is 2.25. The summed E-state index contributed by atoms with van der Waals surface area (Å²) < 4.78 is 5.15. The molecule has 7 nitrogen and oxygen atoms in total. The van der Waals surface area contributed by atoms with Crippen LogP contribution in [0.25, 0.3) is 0 Å². The molecule has 26 heavy (non-hydrogen) atoms. The Bertz CT molecular complexity index is 583. The minimum atomic E-state index is -0.778. The highest BCUT2D eigenvalue weighted by molar-refractivity contribution is 7.98. The number of benzene rings is 1. The first-order valence-corrected chi connectivity index (χ1v) is 9.93. The fraction of sp³-hybridized carbons (Fsp3) is 0.500. The lowest BCUT2D eigenvalue weighted by atomic mass is 10.1. The van der Waals surface area contributed by atoms with Gasteiger partial charge in [-0.3, -0.25) is 9.59 Å². The van der Waals surface area contributed by atoms with Crippen molar-refractivity contribution in [3.63, 3.8) is 0 Å². The first-order valence-electron chi connectivity index (χ1n) is 8.53. The Morgan fingerprint density at radius 3 is 2.38 bits per heavy atom. The monoisotopic (exact) mass is 381 g/mol. The molecule has 0 aliphatic heterocycles. The van der Waals surface area contributed by atoms with Gasteiger partial charge in [-0.1, -0.05) is 43.7 Å². The standard InChI is InChI=1S/C18H27N3O4S/c1-3-7-15(17(23)20-14(16(19)22)10-11-26-2)21-18(24)25-12-13-8-5-4-6-9-13/h4-6,8-9,14-15H,3,7,10-12H2,1-2H3,(H2,19,22)(H,20,23)(H,21,24)/t14-,15+/m1/s1. The second-order valence-electron chi connectivity index (χ2n) is 5.79. The van der Waals surface area contributed by atoms with Crippen LogP contribution in [0, 0.1) is 0 Å². The Morgan fingerprint density at radius 1 is 1.12 bits per heavy atom. The molecule has 0 heterocycles. The number of nitrogens with one attached hydrogen (secondary N) is 2. The van der Waals surface area contributed by atoms with E-state index in [2.05, 4.69) is 10.6 Å². The lowest BCUT2D eigenvalue weighted by Gasteiger charge is -2.21. The molecule has 4 N–H and O–H groups in total. The zero-order valence-electron chi connectivity index (χ0n) is 15.2. The van der Waals surface area contributed by atoms with Crippen LogP contribution in [0.4, 0.5) is 4.79 Å². The third-order valence-electron chi connectivity index (χ3n) is 3.67. The Kier molecular flexibility index (Phi) is 10.2. The quantitative estimate of drug-likeness (QED) is 0.541. The number of hydrogen-bond donors (Lipinski definition) is 3. The van der Waals surface area contributed by atoms with Gasteiger partial charge in [-0.2, -0.15) is 11.8 Å². The molecule has 1 aromatic carbocycles. The maximum Gasteiger partial charge on any atom is 0.408 e. The largest absolute Gasteiger partial charge is 0.445 e. The van der Waals surface area contributed by atoms with Crippen molar-refractivity contribution in [2.45, 2.75) is 44.9 Å². The number of primary amides is 1. The number of alkyl carbamates (subject to hydrolysis) is 1. The lowest BCUT2D eigenvalue weighted by molar-refractivity contribution is -0.128. The molecule has 0 unspecified atom stereocenters. The molecular weight excluding hydrogens is 354 g/mol. The van der Waals surface area contributed by atoms with Gasteiger partial charge < -0.3 is 21.1 Å². The molecular formula is C18H27N3O4S. The molecule has 1 rings (SSSR count). The molecule has 3 amide bonds. The Morgan fingerprint density at radius 2 is 1.81 bits per heavy atom. The third-order valence-corrected chi connectivity index (χ3v) is 4.31. The summed E-state index contributed by atoms with van der Waals surface area (Å²) >= 11 is 1.56. The number of rotatable bonds is 11. The van der Waals surface area contributed by atoms with E-state index in [1.807, 2.05) is 43.5 Å². The average molecular weight is 381 g/mol. The molecule has 0 spiro atoms. The molecule has 0 aromatic heterocycles. The predicted molar refractivity (Wildman–Crippen MR) is 103 cm³/mol. The minimum absolute atomic E-state index is 0.116. The molecule has 8 heteroatoms. The van der Waals surface area contributed by atoms with Crippen molar-refractivity contribution in [2.24, 2.45) is 5.73 Å². The summed E-state index contributed by atoms with van der Waals surface area (Å²) in [5.74, 6) is -0.332. The zero-order chi connectivity index (χ0) is 19.4.